The van der Waals surface area contributed by atoms with Crippen LogP contribution in [-0.4, -0.2) is 30.5 Å². The molecule has 0 atom stereocenters. The highest BCUT2D eigenvalue weighted by Crippen LogP contribution is 2.42. The average Bonchev–Trinajstić information content (AvgIpc) is 3.24. The molecule has 4 rings (SSSR count). The molecule has 0 radical (unpaired) electrons. The van der Waals surface area contributed by atoms with Crippen LogP contribution in [0.4, 0.5) is 5.82 Å². The maximum absolute atomic E-state index is 5.62. The Morgan fingerprint density at radius 2 is 1.88 bits per heavy atom. The number of ether oxygens (including phenoxy) is 2. The fourth-order valence-electron chi connectivity index (χ4n) is 3.23. The summed E-state index contributed by atoms with van der Waals surface area (Å²) in [6.07, 6.45) is 0.940. The van der Waals surface area contributed by atoms with Crippen LogP contribution >= 0.6 is 22.6 Å². The number of hydrogen-bond donors (Lipinski definition) is 1. The highest BCUT2D eigenvalue weighted by atomic mass is 127. The van der Waals surface area contributed by atoms with Gasteiger partial charge in [-0.3, -0.25) is 0 Å². The van der Waals surface area contributed by atoms with Gasteiger partial charge in [-0.25, -0.2) is 4.68 Å². The van der Waals surface area contributed by atoms with Crippen LogP contribution in [0.25, 0.3) is 16.9 Å². The van der Waals surface area contributed by atoms with Crippen molar-refractivity contribution in [3.8, 4) is 28.4 Å². The molecule has 1 N–H and O–H groups in total. The van der Waals surface area contributed by atoms with E-state index in [-0.39, 0.29) is 0 Å². The zero-order valence-electron chi connectivity index (χ0n) is 14.0. The standard InChI is InChI=1S/C19H18IN3O2/c1-24-16-5-3-4-14(18(16)25-2)17-15-10-11-21-19(15)23(22-17)13-8-6-12(20)7-9-13/h3-9,21H,10-11H2,1-2H3. The van der Waals surface area contributed by atoms with Gasteiger partial charge in [-0.2, -0.15) is 5.10 Å². The fraction of sp³-hybridized carbons (Fsp3) is 0.211. The first-order valence-corrected chi connectivity index (χ1v) is 9.14. The molecule has 0 spiro atoms. The van der Waals surface area contributed by atoms with Crippen LogP contribution in [0.15, 0.2) is 42.5 Å². The number of rotatable bonds is 4. The summed E-state index contributed by atoms with van der Waals surface area (Å²) in [5, 5.41) is 8.37. The van der Waals surface area contributed by atoms with Gasteiger partial charge in [-0.05, 0) is 65.4 Å². The van der Waals surface area contributed by atoms with Crippen LogP contribution in [0, 0.1) is 3.57 Å². The van der Waals surface area contributed by atoms with Gasteiger partial charge in [-0.1, -0.05) is 6.07 Å². The van der Waals surface area contributed by atoms with Crippen LogP contribution in [-0.2, 0) is 6.42 Å². The van der Waals surface area contributed by atoms with Crippen LogP contribution in [0.1, 0.15) is 5.56 Å². The monoisotopic (exact) mass is 447 g/mol. The van der Waals surface area contributed by atoms with Crippen molar-refractivity contribution < 1.29 is 9.47 Å². The summed E-state index contributed by atoms with van der Waals surface area (Å²) in [5.74, 6) is 2.48. The number of nitrogens with zero attached hydrogens (tertiary/aromatic N) is 2. The molecular formula is C19H18IN3O2. The molecule has 1 aromatic heterocycles. The van der Waals surface area contributed by atoms with Crippen molar-refractivity contribution in [2.75, 3.05) is 26.1 Å². The summed E-state index contributed by atoms with van der Waals surface area (Å²) in [7, 11) is 3.31. The number of halogens is 1. The van der Waals surface area contributed by atoms with E-state index in [2.05, 4.69) is 52.2 Å². The Labute approximate surface area is 160 Å². The summed E-state index contributed by atoms with van der Waals surface area (Å²) in [4.78, 5) is 0. The van der Waals surface area contributed by atoms with Crippen molar-refractivity contribution in [2.24, 2.45) is 0 Å². The van der Waals surface area contributed by atoms with Gasteiger partial charge in [-0.15, -0.1) is 0 Å². The van der Waals surface area contributed by atoms with E-state index >= 15 is 0 Å². The van der Waals surface area contributed by atoms with Crippen LogP contribution < -0.4 is 14.8 Å². The normalized spacial score (nSPS) is 12.6. The molecule has 0 fully saturated rings. The minimum Gasteiger partial charge on any atom is -0.493 e. The fourth-order valence-corrected chi connectivity index (χ4v) is 3.59. The molecule has 1 aliphatic heterocycles. The number of aromatic nitrogens is 2. The van der Waals surface area contributed by atoms with Gasteiger partial charge in [0.1, 0.15) is 11.5 Å². The first kappa shape index (κ1) is 16.3. The SMILES string of the molecule is COc1cccc(-c2nn(-c3ccc(I)cc3)c3c2CCN3)c1OC. The third-order valence-electron chi connectivity index (χ3n) is 4.38. The average molecular weight is 447 g/mol. The smallest absolute Gasteiger partial charge is 0.170 e. The molecule has 0 saturated carbocycles. The summed E-state index contributed by atoms with van der Waals surface area (Å²) >= 11 is 2.31. The van der Waals surface area contributed by atoms with E-state index in [0.29, 0.717) is 11.5 Å². The molecule has 2 heterocycles. The molecule has 0 amide bonds. The highest BCUT2D eigenvalue weighted by Gasteiger charge is 2.26. The predicted octanol–water partition coefficient (Wildman–Crippen LogP) is 4.13. The van der Waals surface area contributed by atoms with Gasteiger partial charge in [0, 0.05) is 21.2 Å². The van der Waals surface area contributed by atoms with Crippen LogP contribution in [0.3, 0.4) is 0 Å². The lowest BCUT2D eigenvalue weighted by molar-refractivity contribution is 0.356. The Morgan fingerprint density at radius 1 is 1.08 bits per heavy atom. The third kappa shape index (κ3) is 2.74. The molecule has 0 unspecified atom stereocenters. The van der Waals surface area contributed by atoms with Crippen LogP contribution in [0.5, 0.6) is 11.5 Å². The molecule has 128 valence electrons. The van der Waals surface area contributed by atoms with Crippen molar-refractivity contribution in [1.82, 2.24) is 9.78 Å². The zero-order valence-corrected chi connectivity index (χ0v) is 16.2. The number of methoxy groups -OCH3 is 2. The lowest BCUT2D eigenvalue weighted by atomic mass is 10.1. The Morgan fingerprint density at radius 3 is 2.60 bits per heavy atom. The second-order valence-electron chi connectivity index (χ2n) is 5.78. The Hall–Kier alpha value is -2.22. The number of fused-ring (bicyclic) bond motifs is 1. The largest absolute Gasteiger partial charge is 0.493 e. The van der Waals surface area contributed by atoms with Gasteiger partial charge >= 0.3 is 0 Å². The van der Waals surface area contributed by atoms with Crippen LogP contribution in [0.2, 0.25) is 0 Å². The first-order chi connectivity index (χ1) is 12.2. The number of benzene rings is 2. The lowest BCUT2D eigenvalue weighted by Crippen LogP contribution is -2.04. The highest BCUT2D eigenvalue weighted by molar-refractivity contribution is 14.1. The number of anilines is 1. The second-order valence-corrected chi connectivity index (χ2v) is 7.03. The van der Waals surface area contributed by atoms with E-state index in [1.807, 2.05) is 22.9 Å². The summed E-state index contributed by atoms with van der Waals surface area (Å²) < 4.78 is 14.2. The van der Waals surface area contributed by atoms with E-state index < -0.39 is 0 Å². The number of para-hydroxylation sites is 1. The summed E-state index contributed by atoms with van der Waals surface area (Å²) in [6, 6.07) is 14.2. The molecule has 0 aliphatic carbocycles. The molecule has 1 aliphatic rings. The number of nitrogens with one attached hydrogen (secondary N) is 1. The molecule has 5 nitrogen and oxygen atoms in total. The van der Waals surface area contributed by atoms with Gasteiger partial charge in [0.2, 0.25) is 0 Å². The van der Waals surface area contributed by atoms with Gasteiger partial charge in [0.25, 0.3) is 0 Å². The molecule has 6 heteroatoms. The number of hydrogen-bond acceptors (Lipinski definition) is 4. The Bertz CT molecular complexity index is 919. The first-order valence-electron chi connectivity index (χ1n) is 8.06. The maximum atomic E-state index is 5.62. The molecule has 0 bridgehead atoms. The van der Waals surface area contributed by atoms with E-state index in [9.17, 15) is 0 Å². The van der Waals surface area contributed by atoms with Crippen molar-refractivity contribution >= 4 is 28.4 Å². The van der Waals surface area contributed by atoms with E-state index in [1.165, 1.54) is 9.13 Å². The predicted molar refractivity (Wildman–Crippen MR) is 107 cm³/mol. The Kier molecular flexibility index (Phi) is 4.29. The van der Waals surface area contributed by atoms with Crippen molar-refractivity contribution in [3.63, 3.8) is 0 Å². The van der Waals surface area contributed by atoms with Crippen molar-refractivity contribution in [2.45, 2.75) is 6.42 Å². The summed E-state index contributed by atoms with van der Waals surface area (Å²) in [5.41, 5.74) is 4.14. The summed E-state index contributed by atoms with van der Waals surface area (Å²) in [6.45, 7) is 0.914. The topological polar surface area (TPSA) is 48.3 Å². The Balaban J connectivity index is 1.90. The maximum Gasteiger partial charge on any atom is 0.170 e. The molecule has 2 aromatic carbocycles. The second kappa shape index (κ2) is 6.59. The van der Waals surface area contributed by atoms with Gasteiger partial charge in [0.05, 0.1) is 19.9 Å². The molecule has 3 aromatic rings. The molecular weight excluding hydrogens is 429 g/mol. The lowest BCUT2D eigenvalue weighted by Gasteiger charge is -2.11. The van der Waals surface area contributed by atoms with Gasteiger partial charge in [0.15, 0.2) is 11.5 Å². The quantitative estimate of drug-likeness (QED) is 0.612. The molecule has 25 heavy (non-hydrogen) atoms. The minimum absolute atomic E-state index is 0.712. The van der Waals surface area contributed by atoms with Gasteiger partial charge < -0.3 is 14.8 Å². The minimum atomic E-state index is 0.712. The third-order valence-corrected chi connectivity index (χ3v) is 5.10. The van der Waals surface area contributed by atoms with E-state index in [4.69, 9.17) is 14.6 Å². The van der Waals surface area contributed by atoms with Crippen molar-refractivity contribution in [1.29, 1.82) is 0 Å². The van der Waals surface area contributed by atoms with Crippen molar-refractivity contribution in [3.05, 3.63) is 51.6 Å². The molecule has 0 saturated heterocycles. The van der Waals surface area contributed by atoms with E-state index in [1.54, 1.807) is 14.2 Å². The van der Waals surface area contributed by atoms with E-state index in [0.717, 1.165) is 35.7 Å². The zero-order chi connectivity index (χ0) is 17.4.